The second kappa shape index (κ2) is 5.39. The van der Waals surface area contributed by atoms with Crippen LogP contribution in [0.15, 0.2) is 30.3 Å². The number of rotatable bonds is 4. The van der Waals surface area contributed by atoms with E-state index in [9.17, 15) is 4.79 Å². The Labute approximate surface area is 96.4 Å². The SMILES string of the molecule is CNC(=O)NC(C)(C)CNc1ccccc1. The lowest BCUT2D eigenvalue weighted by Gasteiger charge is -2.26. The molecule has 1 aromatic carbocycles. The Bertz CT molecular complexity index is 335. The summed E-state index contributed by atoms with van der Waals surface area (Å²) in [6, 6.07) is 9.74. The maximum absolute atomic E-state index is 11.2. The lowest BCUT2D eigenvalue weighted by atomic mass is 10.1. The van der Waals surface area contributed by atoms with Crippen LogP contribution in [0, 0.1) is 0 Å². The Morgan fingerprint density at radius 1 is 1.25 bits per heavy atom. The largest absolute Gasteiger partial charge is 0.383 e. The standard InChI is InChI=1S/C12H19N3O/c1-12(2,15-11(16)13-3)9-14-10-7-5-4-6-8-10/h4-8,14H,9H2,1-3H3,(H2,13,15,16). The van der Waals surface area contributed by atoms with Gasteiger partial charge in [-0.2, -0.15) is 0 Å². The third-order valence-electron chi connectivity index (χ3n) is 2.19. The normalized spacial score (nSPS) is 10.7. The van der Waals surface area contributed by atoms with Crippen LogP contribution >= 0.6 is 0 Å². The van der Waals surface area contributed by atoms with Gasteiger partial charge in [0.2, 0.25) is 0 Å². The van der Waals surface area contributed by atoms with Gasteiger partial charge in [-0.25, -0.2) is 4.79 Å². The lowest BCUT2D eigenvalue weighted by Crippen LogP contribution is -2.51. The molecule has 0 saturated carbocycles. The summed E-state index contributed by atoms with van der Waals surface area (Å²) in [6.45, 7) is 4.61. The molecule has 0 bridgehead atoms. The average Bonchev–Trinajstić information content (AvgIpc) is 2.27. The summed E-state index contributed by atoms with van der Waals surface area (Å²) < 4.78 is 0. The number of nitrogens with one attached hydrogen (secondary N) is 3. The van der Waals surface area contributed by atoms with E-state index in [1.807, 2.05) is 44.2 Å². The average molecular weight is 221 g/mol. The van der Waals surface area contributed by atoms with Gasteiger partial charge in [0.15, 0.2) is 0 Å². The van der Waals surface area contributed by atoms with Crippen LogP contribution in [-0.4, -0.2) is 25.2 Å². The highest BCUT2D eigenvalue weighted by molar-refractivity contribution is 5.74. The van der Waals surface area contributed by atoms with Crippen molar-refractivity contribution in [3.8, 4) is 0 Å². The van der Waals surface area contributed by atoms with Crippen molar-refractivity contribution in [2.75, 3.05) is 18.9 Å². The first kappa shape index (κ1) is 12.4. The molecule has 2 amide bonds. The van der Waals surface area contributed by atoms with Crippen LogP contribution in [0.1, 0.15) is 13.8 Å². The summed E-state index contributed by atoms with van der Waals surface area (Å²) in [6.07, 6.45) is 0. The van der Waals surface area contributed by atoms with Gasteiger partial charge in [-0.3, -0.25) is 0 Å². The van der Waals surface area contributed by atoms with Gasteiger partial charge < -0.3 is 16.0 Å². The van der Waals surface area contributed by atoms with Crippen LogP contribution in [0.3, 0.4) is 0 Å². The summed E-state index contributed by atoms with van der Waals surface area (Å²) in [5.74, 6) is 0. The van der Waals surface area contributed by atoms with E-state index < -0.39 is 0 Å². The highest BCUT2D eigenvalue weighted by Crippen LogP contribution is 2.08. The Kier molecular flexibility index (Phi) is 4.17. The van der Waals surface area contributed by atoms with E-state index in [0.717, 1.165) is 5.69 Å². The molecule has 0 saturated heterocycles. The van der Waals surface area contributed by atoms with E-state index in [1.165, 1.54) is 0 Å². The summed E-state index contributed by atoms with van der Waals surface area (Å²) in [4.78, 5) is 11.2. The Hall–Kier alpha value is -1.71. The van der Waals surface area contributed by atoms with Crippen molar-refractivity contribution in [2.45, 2.75) is 19.4 Å². The number of hydrogen-bond acceptors (Lipinski definition) is 2. The number of carbonyl (C=O) groups is 1. The van der Waals surface area contributed by atoms with Gasteiger partial charge >= 0.3 is 6.03 Å². The molecule has 0 atom stereocenters. The van der Waals surface area contributed by atoms with E-state index in [4.69, 9.17) is 0 Å². The van der Waals surface area contributed by atoms with Gasteiger partial charge in [-0.05, 0) is 26.0 Å². The molecule has 88 valence electrons. The molecule has 4 nitrogen and oxygen atoms in total. The summed E-state index contributed by atoms with van der Waals surface area (Å²) in [5.41, 5.74) is 0.755. The first-order valence-corrected chi connectivity index (χ1v) is 5.32. The van der Waals surface area contributed by atoms with Gasteiger partial charge in [-0.15, -0.1) is 0 Å². The highest BCUT2D eigenvalue weighted by Gasteiger charge is 2.19. The third kappa shape index (κ3) is 4.21. The molecule has 0 radical (unpaired) electrons. The Balaban J connectivity index is 2.44. The van der Waals surface area contributed by atoms with Crippen LogP contribution in [0.5, 0.6) is 0 Å². The molecule has 1 rings (SSSR count). The molecule has 1 aromatic rings. The molecular weight excluding hydrogens is 202 g/mol. The van der Waals surface area contributed by atoms with Gasteiger partial charge in [-0.1, -0.05) is 18.2 Å². The van der Waals surface area contributed by atoms with E-state index in [1.54, 1.807) is 7.05 Å². The van der Waals surface area contributed by atoms with Crippen LogP contribution < -0.4 is 16.0 Å². The summed E-state index contributed by atoms with van der Waals surface area (Å²) in [7, 11) is 1.61. The number of benzene rings is 1. The molecule has 3 N–H and O–H groups in total. The lowest BCUT2D eigenvalue weighted by molar-refractivity contribution is 0.233. The van der Waals surface area contributed by atoms with Gasteiger partial charge in [0, 0.05) is 19.3 Å². The molecule has 0 fully saturated rings. The molecule has 0 heterocycles. The molecule has 0 unspecified atom stereocenters. The zero-order chi connectivity index (χ0) is 12.0. The minimum absolute atomic E-state index is 0.167. The molecule has 0 aromatic heterocycles. The second-order valence-electron chi connectivity index (χ2n) is 4.31. The predicted molar refractivity (Wildman–Crippen MR) is 66.6 cm³/mol. The van der Waals surface area contributed by atoms with E-state index in [0.29, 0.717) is 6.54 Å². The Morgan fingerprint density at radius 2 is 1.88 bits per heavy atom. The molecular formula is C12H19N3O. The maximum Gasteiger partial charge on any atom is 0.315 e. The molecule has 0 aliphatic heterocycles. The van der Waals surface area contributed by atoms with Gasteiger partial charge in [0.05, 0.1) is 5.54 Å². The van der Waals surface area contributed by atoms with E-state index >= 15 is 0 Å². The monoisotopic (exact) mass is 221 g/mol. The number of amides is 2. The molecule has 4 heteroatoms. The number of carbonyl (C=O) groups excluding carboxylic acids is 1. The van der Waals surface area contributed by atoms with Crippen LogP contribution in [0.4, 0.5) is 10.5 Å². The number of para-hydroxylation sites is 1. The van der Waals surface area contributed by atoms with Crippen molar-refractivity contribution in [1.29, 1.82) is 0 Å². The van der Waals surface area contributed by atoms with Crippen molar-refractivity contribution in [3.63, 3.8) is 0 Å². The highest BCUT2D eigenvalue weighted by atomic mass is 16.2. The maximum atomic E-state index is 11.2. The first-order chi connectivity index (χ1) is 7.53. The smallest absolute Gasteiger partial charge is 0.315 e. The minimum atomic E-state index is -0.296. The van der Waals surface area contributed by atoms with E-state index in [-0.39, 0.29) is 11.6 Å². The molecule has 16 heavy (non-hydrogen) atoms. The van der Waals surface area contributed by atoms with Gasteiger partial charge in [0.25, 0.3) is 0 Å². The van der Waals surface area contributed by atoms with Crippen LogP contribution in [0.25, 0.3) is 0 Å². The van der Waals surface area contributed by atoms with Crippen molar-refractivity contribution in [2.24, 2.45) is 0 Å². The zero-order valence-corrected chi connectivity index (χ0v) is 10.0. The summed E-state index contributed by atoms with van der Waals surface area (Å²) >= 11 is 0. The second-order valence-corrected chi connectivity index (χ2v) is 4.31. The van der Waals surface area contributed by atoms with Crippen molar-refractivity contribution in [3.05, 3.63) is 30.3 Å². The predicted octanol–water partition coefficient (Wildman–Crippen LogP) is 1.81. The zero-order valence-electron chi connectivity index (χ0n) is 10.0. The molecule has 0 spiro atoms. The molecule has 0 aliphatic rings. The fraction of sp³-hybridized carbons (Fsp3) is 0.417. The minimum Gasteiger partial charge on any atom is -0.383 e. The van der Waals surface area contributed by atoms with Crippen molar-refractivity contribution < 1.29 is 4.79 Å². The number of hydrogen-bond donors (Lipinski definition) is 3. The van der Waals surface area contributed by atoms with Crippen molar-refractivity contribution in [1.82, 2.24) is 10.6 Å². The van der Waals surface area contributed by atoms with Gasteiger partial charge in [0.1, 0.15) is 0 Å². The Morgan fingerprint density at radius 3 is 2.44 bits per heavy atom. The number of urea groups is 1. The fourth-order valence-electron chi connectivity index (χ4n) is 1.29. The topological polar surface area (TPSA) is 53.2 Å². The van der Waals surface area contributed by atoms with Crippen LogP contribution in [0.2, 0.25) is 0 Å². The third-order valence-corrected chi connectivity index (χ3v) is 2.19. The number of anilines is 1. The van der Waals surface area contributed by atoms with Crippen molar-refractivity contribution >= 4 is 11.7 Å². The first-order valence-electron chi connectivity index (χ1n) is 5.32. The molecule has 0 aliphatic carbocycles. The fourth-order valence-corrected chi connectivity index (χ4v) is 1.29. The quantitative estimate of drug-likeness (QED) is 0.726. The van der Waals surface area contributed by atoms with E-state index in [2.05, 4.69) is 16.0 Å². The van der Waals surface area contributed by atoms with Crippen LogP contribution in [-0.2, 0) is 0 Å². The summed E-state index contributed by atoms with van der Waals surface area (Å²) in [5, 5.41) is 8.68.